The van der Waals surface area contributed by atoms with Crippen molar-refractivity contribution in [1.82, 2.24) is 24.9 Å². The topological polar surface area (TPSA) is 105 Å². The highest BCUT2D eigenvalue weighted by Crippen LogP contribution is 2.32. The van der Waals surface area contributed by atoms with Crippen LogP contribution in [0.25, 0.3) is 5.65 Å². The molecular formula is C19H23B3FN7O2. The Morgan fingerprint density at radius 2 is 2.09 bits per heavy atom. The first-order valence-electron chi connectivity index (χ1n) is 10.8. The highest BCUT2D eigenvalue weighted by molar-refractivity contribution is 6.60. The normalized spacial score (nSPS) is 20.0. The van der Waals surface area contributed by atoms with Crippen LogP contribution >= 0.6 is 0 Å². The van der Waals surface area contributed by atoms with Gasteiger partial charge in [-0.2, -0.15) is 9.61 Å². The monoisotopic (exact) mass is 433 g/mol. The number of carbonyl (C=O) groups excluding carboxylic acids is 1. The van der Waals surface area contributed by atoms with Gasteiger partial charge in [0.05, 0.1) is 12.2 Å². The predicted molar refractivity (Wildman–Crippen MR) is 127 cm³/mol. The maximum Gasteiger partial charge on any atom is 0.257 e. The van der Waals surface area contributed by atoms with Gasteiger partial charge in [-0.25, -0.2) is 14.4 Å². The summed E-state index contributed by atoms with van der Waals surface area (Å²) in [6.07, 6.45) is 4.74. The summed E-state index contributed by atoms with van der Waals surface area (Å²) in [5.74, 6) is 1.28. The Bertz CT molecular complexity index is 1180. The number of nitrogens with one attached hydrogen (secondary N) is 3. The maximum atomic E-state index is 13.3. The van der Waals surface area contributed by atoms with Crippen LogP contribution in [0.2, 0.25) is 0 Å². The Kier molecular flexibility index (Phi) is 4.98. The van der Waals surface area contributed by atoms with Crippen LogP contribution < -0.4 is 20.7 Å². The zero-order chi connectivity index (χ0) is 22.5. The SMILES string of the molecule is BC(B)(B)Nc1cc(Nc2cccnc2OC2CC2)nc2c(C(=O)N[C@H]3C[C@H]3F)cnn12. The predicted octanol–water partition coefficient (Wildman–Crippen LogP) is -0.828. The molecule has 3 aromatic rings. The van der Waals surface area contributed by atoms with E-state index in [1.807, 2.05) is 41.7 Å². The number of carbonyl (C=O) groups is 1. The van der Waals surface area contributed by atoms with Crippen LogP contribution in [0.3, 0.4) is 0 Å². The summed E-state index contributed by atoms with van der Waals surface area (Å²) < 4.78 is 20.8. The molecule has 2 aliphatic rings. The smallest absolute Gasteiger partial charge is 0.257 e. The fraction of sp³-hybridized carbons (Fsp3) is 0.368. The molecule has 32 heavy (non-hydrogen) atoms. The Morgan fingerprint density at radius 1 is 1.31 bits per heavy atom. The van der Waals surface area contributed by atoms with Crippen LogP contribution in [0.4, 0.5) is 21.7 Å². The van der Waals surface area contributed by atoms with E-state index in [0.29, 0.717) is 35.3 Å². The van der Waals surface area contributed by atoms with E-state index in [4.69, 9.17) is 4.74 Å². The summed E-state index contributed by atoms with van der Waals surface area (Å²) in [7, 11) is 6.09. The lowest BCUT2D eigenvalue weighted by Gasteiger charge is -2.23. The number of anilines is 3. The third-order valence-corrected chi connectivity index (χ3v) is 5.09. The summed E-state index contributed by atoms with van der Waals surface area (Å²) in [6.45, 7) is 0. The van der Waals surface area contributed by atoms with E-state index in [9.17, 15) is 9.18 Å². The van der Waals surface area contributed by atoms with Crippen molar-refractivity contribution in [1.29, 1.82) is 0 Å². The van der Waals surface area contributed by atoms with Crippen molar-refractivity contribution >= 4 is 52.4 Å². The van der Waals surface area contributed by atoms with Gasteiger partial charge in [0.1, 0.15) is 58.7 Å². The molecule has 0 unspecified atom stereocenters. The number of hydrogen-bond acceptors (Lipinski definition) is 7. The number of ether oxygens (including phenoxy) is 1. The van der Waals surface area contributed by atoms with E-state index in [-0.39, 0.29) is 16.9 Å². The average Bonchev–Trinajstić information content (AvgIpc) is 3.61. The van der Waals surface area contributed by atoms with Gasteiger partial charge in [0.2, 0.25) is 5.88 Å². The Hall–Kier alpha value is -3.24. The summed E-state index contributed by atoms with van der Waals surface area (Å²) >= 11 is 0. The van der Waals surface area contributed by atoms with Crippen LogP contribution in [0.5, 0.6) is 5.88 Å². The van der Waals surface area contributed by atoms with Crippen molar-refractivity contribution < 1.29 is 13.9 Å². The van der Waals surface area contributed by atoms with Crippen molar-refractivity contribution in [2.75, 3.05) is 10.6 Å². The number of rotatable bonds is 8. The second kappa shape index (κ2) is 7.72. The summed E-state index contributed by atoms with van der Waals surface area (Å²) in [4.78, 5) is 21.7. The summed E-state index contributed by atoms with van der Waals surface area (Å²) in [6, 6.07) is 5.06. The van der Waals surface area contributed by atoms with E-state index in [1.165, 1.54) is 6.20 Å². The highest BCUT2D eigenvalue weighted by Gasteiger charge is 2.39. The number of fused-ring (bicyclic) bond motifs is 1. The molecule has 9 nitrogen and oxygen atoms in total. The van der Waals surface area contributed by atoms with Gasteiger partial charge in [0, 0.05) is 18.7 Å². The third-order valence-electron chi connectivity index (χ3n) is 5.09. The number of amides is 1. The van der Waals surface area contributed by atoms with Crippen LogP contribution in [0.1, 0.15) is 29.6 Å². The molecule has 2 saturated carbocycles. The molecule has 1 amide bonds. The molecule has 0 saturated heterocycles. The molecule has 2 aliphatic carbocycles. The van der Waals surface area contributed by atoms with Gasteiger partial charge in [0.15, 0.2) is 5.65 Å². The van der Waals surface area contributed by atoms with Crippen LogP contribution in [0, 0.1) is 0 Å². The number of hydrogen-bond donors (Lipinski definition) is 3. The molecule has 0 radical (unpaired) electrons. The first-order chi connectivity index (χ1) is 15.3. The standard InChI is InChI=1S/C19H23B3FN7O2/c20-19(21,22)29-15-7-14(26-12-2-1-5-24-18(12)32-9-3-4-9)28-16-10(8-25-30(15)16)17(31)27-13-6-11(13)23/h1-2,5,7-9,11,13,29H,3-4,6,20-22H2,(H,26,28)(H,27,31)/t11-,13+/m1/s1. The first-order valence-corrected chi connectivity index (χ1v) is 10.8. The molecule has 13 heteroatoms. The lowest BCUT2D eigenvalue weighted by Crippen LogP contribution is -2.40. The van der Waals surface area contributed by atoms with Gasteiger partial charge < -0.3 is 20.7 Å². The Labute approximate surface area is 187 Å². The van der Waals surface area contributed by atoms with Crippen LogP contribution in [0.15, 0.2) is 30.6 Å². The van der Waals surface area contributed by atoms with E-state index >= 15 is 0 Å². The molecule has 3 N–H and O–H groups in total. The molecule has 0 aromatic carbocycles. The molecule has 5 rings (SSSR count). The lowest BCUT2D eigenvalue weighted by molar-refractivity contribution is 0.0949. The largest absolute Gasteiger partial charge is 0.473 e. The average molecular weight is 433 g/mol. The lowest BCUT2D eigenvalue weighted by atomic mass is 9.49. The quantitative estimate of drug-likeness (QED) is 0.399. The second-order valence-corrected chi connectivity index (χ2v) is 9.33. The van der Waals surface area contributed by atoms with Gasteiger partial charge in [-0.3, -0.25) is 4.79 Å². The van der Waals surface area contributed by atoms with Crippen molar-refractivity contribution in [3.8, 4) is 5.88 Å². The molecule has 2 atom stereocenters. The first kappa shape index (κ1) is 20.7. The second-order valence-electron chi connectivity index (χ2n) is 9.33. The minimum absolute atomic E-state index is 0.200. The molecule has 3 aromatic heterocycles. The van der Waals surface area contributed by atoms with Crippen molar-refractivity contribution in [3.05, 3.63) is 36.2 Å². The maximum absolute atomic E-state index is 13.3. The number of nitrogens with zero attached hydrogens (tertiary/aromatic N) is 4. The van der Waals surface area contributed by atoms with E-state index < -0.39 is 18.1 Å². The molecular weight excluding hydrogens is 410 g/mol. The van der Waals surface area contributed by atoms with E-state index in [1.54, 1.807) is 10.7 Å². The minimum Gasteiger partial charge on any atom is -0.473 e. The number of halogens is 1. The molecule has 2 fully saturated rings. The zero-order valence-electron chi connectivity index (χ0n) is 18.2. The molecule has 3 heterocycles. The highest BCUT2D eigenvalue weighted by atomic mass is 19.1. The minimum atomic E-state index is -0.987. The van der Waals surface area contributed by atoms with E-state index in [0.717, 1.165) is 12.8 Å². The van der Waals surface area contributed by atoms with Gasteiger partial charge >= 0.3 is 0 Å². The van der Waals surface area contributed by atoms with Crippen LogP contribution in [-0.4, -0.2) is 72.6 Å². The number of aromatic nitrogens is 4. The Morgan fingerprint density at radius 3 is 2.78 bits per heavy atom. The Balaban J connectivity index is 1.52. The number of alkyl halides is 1. The van der Waals surface area contributed by atoms with Gasteiger partial charge in [-0.05, 0) is 30.2 Å². The van der Waals surface area contributed by atoms with Crippen LogP contribution in [-0.2, 0) is 0 Å². The van der Waals surface area contributed by atoms with Gasteiger partial charge in [-0.1, -0.05) is 0 Å². The molecule has 0 spiro atoms. The molecule has 0 aliphatic heterocycles. The fourth-order valence-corrected chi connectivity index (χ4v) is 3.28. The van der Waals surface area contributed by atoms with Gasteiger partial charge in [-0.15, -0.1) is 0 Å². The summed E-state index contributed by atoms with van der Waals surface area (Å²) in [5.41, 5.74) is 1.33. The summed E-state index contributed by atoms with van der Waals surface area (Å²) in [5, 5.41) is 13.5. The van der Waals surface area contributed by atoms with Crippen molar-refractivity contribution in [2.24, 2.45) is 0 Å². The third kappa shape index (κ3) is 4.51. The fourth-order valence-electron chi connectivity index (χ4n) is 3.28. The van der Waals surface area contributed by atoms with Gasteiger partial charge in [0.25, 0.3) is 5.91 Å². The molecule has 0 bridgehead atoms. The van der Waals surface area contributed by atoms with Crippen molar-refractivity contribution in [2.45, 2.75) is 42.8 Å². The zero-order valence-corrected chi connectivity index (χ0v) is 18.2. The molecule has 162 valence electrons. The van der Waals surface area contributed by atoms with Crippen molar-refractivity contribution in [3.63, 3.8) is 0 Å². The number of pyridine rings is 1. The van der Waals surface area contributed by atoms with E-state index in [2.05, 4.69) is 31.0 Å².